The van der Waals surface area contributed by atoms with Gasteiger partial charge in [0, 0.05) is 43.5 Å². The molecule has 41 heavy (non-hydrogen) atoms. The predicted octanol–water partition coefficient (Wildman–Crippen LogP) is 2.42. The number of carbonyl (C=O) groups is 1. The smallest absolute Gasteiger partial charge is 0.280 e. The molecule has 3 aromatic rings. The topological polar surface area (TPSA) is 151 Å². The average molecular weight is 626 g/mol. The number of imidazole rings is 1. The maximum Gasteiger partial charge on any atom is 0.280 e. The lowest BCUT2D eigenvalue weighted by Gasteiger charge is -2.38. The summed E-state index contributed by atoms with van der Waals surface area (Å²) in [6.45, 7) is 3.32. The lowest BCUT2D eigenvalue weighted by molar-refractivity contribution is 0.0387. The van der Waals surface area contributed by atoms with Gasteiger partial charge in [-0.25, -0.2) is 13.4 Å². The SMILES string of the molecule is C[C@@H]1CN([C@H](C)CO)C(=O)c2cc(NS(=O)(=O)c3cn(C)cn3)ccc2O[C@@H]1CN(C)S(=O)(=O)c1ccc(Cl)cc1. The molecule has 2 N–H and O–H groups in total. The van der Waals surface area contributed by atoms with Crippen molar-refractivity contribution in [2.75, 3.05) is 31.5 Å². The van der Waals surface area contributed by atoms with Crippen LogP contribution in [0.3, 0.4) is 0 Å². The molecule has 0 aliphatic carbocycles. The van der Waals surface area contributed by atoms with Crippen LogP contribution in [0.1, 0.15) is 24.2 Å². The van der Waals surface area contributed by atoms with Crippen LogP contribution in [0.25, 0.3) is 0 Å². The van der Waals surface area contributed by atoms with Gasteiger partial charge in [0.25, 0.3) is 15.9 Å². The molecule has 15 heteroatoms. The molecule has 0 unspecified atom stereocenters. The molecule has 1 aromatic heterocycles. The number of amides is 1. The normalized spacial score (nSPS) is 18.8. The summed E-state index contributed by atoms with van der Waals surface area (Å²) in [5, 5.41) is 10.1. The minimum absolute atomic E-state index is 0.0465. The molecule has 12 nitrogen and oxygen atoms in total. The molecule has 3 atom stereocenters. The lowest BCUT2D eigenvalue weighted by Crippen LogP contribution is -2.50. The van der Waals surface area contributed by atoms with Crippen LogP contribution >= 0.6 is 11.6 Å². The number of anilines is 1. The molecule has 0 spiro atoms. The Morgan fingerprint density at radius 3 is 2.49 bits per heavy atom. The van der Waals surface area contributed by atoms with Gasteiger partial charge in [-0.15, -0.1) is 0 Å². The molecule has 1 aliphatic heterocycles. The Morgan fingerprint density at radius 2 is 1.88 bits per heavy atom. The minimum atomic E-state index is -4.04. The van der Waals surface area contributed by atoms with E-state index in [4.69, 9.17) is 16.3 Å². The first-order valence-electron chi connectivity index (χ1n) is 12.7. The van der Waals surface area contributed by atoms with Crippen molar-refractivity contribution in [3.8, 4) is 5.75 Å². The number of fused-ring (bicyclic) bond motifs is 1. The van der Waals surface area contributed by atoms with Crippen LogP contribution in [0.15, 0.2) is 64.9 Å². The molecule has 1 amide bonds. The number of aliphatic hydroxyl groups excluding tert-OH is 1. The predicted molar refractivity (Wildman–Crippen MR) is 153 cm³/mol. The Kier molecular flexibility index (Phi) is 8.99. The summed E-state index contributed by atoms with van der Waals surface area (Å²) in [4.78, 5) is 19.1. The van der Waals surface area contributed by atoms with Gasteiger partial charge in [-0.05, 0) is 49.4 Å². The molecule has 1 aliphatic rings. The number of aliphatic hydroxyl groups is 1. The molecule has 222 valence electrons. The van der Waals surface area contributed by atoms with Gasteiger partial charge < -0.3 is 19.3 Å². The van der Waals surface area contributed by atoms with Gasteiger partial charge in [-0.3, -0.25) is 9.52 Å². The van der Waals surface area contributed by atoms with Gasteiger partial charge in [-0.1, -0.05) is 18.5 Å². The second-order valence-electron chi connectivity index (χ2n) is 10.1. The summed E-state index contributed by atoms with van der Waals surface area (Å²) in [5.41, 5.74) is 0.169. The third kappa shape index (κ3) is 6.67. The van der Waals surface area contributed by atoms with E-state index >= 15 is 0 Å². The Morgan fingerprint density at radius 1 is 1.20 bits per heavy atom. The molecule has 0 fully saturated rings. The fourth-order valence-electron chi connectivity index (χ4n) is 4.38. The van der Waals surface area contributed by atoms with Crippen LogP contribution < -0.4 is 9.46 Å². The van der Waals surface area contributed by atoms with Gasteiger partial charge in [0.15, 0.2) is 5.03 Å². The van der Waals surface area contributed by atoms with Gasteiger partial charge >= 0.3 is 0 Å². The van der Waals surface area contributed by atoms with Crippen molar-refractivity contribution in [3.63, 3.8) is 0 Å². The second-order valence-corrected chi connectivity index (χ2v) is 14.2. The highest BCUT2D eigenvalue weighted by Crippen LogP contribution is 2.32. The van der Waals surface area contributed by atoms with Crippen LogP contribution in [-0.2, 0) is 27.1 Å². The van der Waals surface area contributed by atoms with Crippen LogP contribution in [0.5, 0.6) is 5.75 Å². The van der Waals surface area contributed by atoms with Crippen molar-refractivity contribution in [1.29, 1.82) is 0 Å². The Labute approximate surface area is 244 Å². The first-order chi connectivity index (χ1) is 19.2. The number of hydrogen-bond donors (Lipinski definition) is 2. The number of likely N-dealkylation sites (N-methyl/N-ethyl adjacent to an activating group) is 1. The molecule has 2 heterocycles. The largest absolute Gasteiger partial charge is 0.488 e. The molecular weight excluding hydrogens is 594 g/mol. The molecule has 0 saturated heterocycles. The fraction of sp³-hybridized carbons (Fsp3) is 0.385. The molecule has 2 aromatic carbocycles. The van der Waals surface area contributed by atoms with Crippen molar-refractivity contribution in [2.24, 2.45) is 13.0 Å². The highest BCUT2D eigenvalue weighted by atomic mass is 35.5. The van der Waals surface area contributed by atoms with Crippen LogP contribution in [0.4, 0.5) is 5.69 Å². The highest BCUT2D eigenvalue weighted by molar-refractivity contribution is 7.92. The van der Waals surface area contributed by atoms with E-state index < -0.39 is 38.1 Å². The van der Waals surface area contributed by atoms with Crippen LogP contribution in [0, 0.1) is 5.92 Å². The van der Waals surface area contributed by atoms with Gasteiger partial charge in [0.05, 0.1) is 36.0 Å². The summed E-state index contributed by atoms with van der Waals surface area (Å²) in [6, 6.07) is 9.52. The Bertz CT molecular complexity index is 1630. The molecule has 0 radical (unpaired) electrons. The van der Waals surface area contributed by atoms with E-state index in [0.717, 1.165) is 0 Å². The summed E-state index contributed by atoms with van der Waals surface area (Å²) in [7, 11) is -4.84. The Balaban J connectivity index is 1.68. The average Bonchev–Trinajstić information content (AvgIpc) is 3.38. The second kappa shape index (κ2) is 12.0. The molecule has 4 rings (SSSR count). The minimum Gasteiger partial charge on any atom is -0.488 e. The maximum atomic E-state index is 13.7. The van der Waals surface area contributed by atoms with Crippen molar-refractivity contribution < 1.29 is 31.5 Å². The number of aryl methyl sites for hydroxylation is 1. The number of rotatable bonds is 9. The number of sulfonamides is 2. The highest BCUT2D eigenvalue weighted by Gasteiger charge is 2.35. The number of ether oxygens (including phenoxy) is 1. The lowest BCUT2D eigenvalue weighted by atomic mass is 9.99. The summed E-state index contributed by atoms with van der Waals surface area (Å²) >= 11 is 5.92. The van der Waals surface area contributed by atoms with Crippen molar-refractivity contribution in [1.82, 2.24) is 18.8 Å². The molecule has 0 saturated carbocycles. The third-order valence-corrected chi connectivity index (χ3v) is 10.2. The summed E-state index contributed by atoms with van der Waals surface area (Å²) in [5.74, 6) is -0.654. The van der Waals surface area contributed by atoms with Crippen molar-refractivity contribution in [3.05, 3.63) is 65.6 Å². The number of nitrogens with one attached hydrogen (secondary N) is 1. The number of hydrogen-bond acceptors (Lipinski definition) is 8. The summed E-state index contributed by atoms with van der Waals surface area (Å²) in [6.07, 6.45) is 2.00. The van der Waals surface area contributed by atoms with E-state index in [9.17, 15) is 26.7 Å². The van der Waals surface area contributed by atoms with Gasteiger partial charge in [0.2, 0.25) is 10.0 Å². The Hall–Kier alpha value is -3.17. The number of benzene rings is 2. The third-order valence-electron chi connectivity index (χ3n) is 6.83. The zero-order valence-electron chi connectivity index (χ0n) is 22.9. The van der Waals surface area contributed by atoms with E-state index in [1.165, 1.54) is 75.8 Å². The number of carbonyl (C=O) groups excluding carboxylic acids is 1. The first kappa shape index (κ1) is 30.8. The van der Waals surface area contributed by atoms with Gasteiger partial charge in [0.1, 0.15) is 11.9 Å². The summed E-state index contributed by atoms with van der Waals surface area (Å²) < 4.78 is 63.5. The fourth-order valence-corrected chi connectivity index (χ4v) is 6.72. The van der Waals surface area contributed by atoms with E-state index in [0.29, 0.717) is 5.02 Å². The monoisotopic (exact) mass is 625 g/mol. The molecule has 0 bridgehead atoms. The first-order valence-corrected chi connectivity index (χ1v) is 16.0. The zero-order chi connectivity index (χ0) is 30.1. The van der Waals surface area contributed by atoms with Crippen molar-refractivity contribution >= 4 is 43.2 Å². The van der Waals surface area contributed by atoms with Crippen LogP contribution in [-0.4, -0.2) is 85.5 Å². The van der Waals surface area contributed by atoms with Crippen LogP contribution in [0.2, 0.25) is 5.02 Å². The van der Waals surface area contributed by atoms with E-state index in [1.54, 1.807) is 14.0 Å². The number of aromatic nitrogens is 2. The van der Waals surface area contributed by atoms with Crippen molar-refractivity contribution in [2.45, 2.75) is 35.9 Å². The zero-order valence-corrected chi connectivity index (χ0v) is 25.3. The molecular formula is C26H32ClN5O7S2. The quantitative estimate of drug-likeness (QED) is 0.368. The van der Waals surface area contributed by atoms with E-state index in [-0.39, 0.29) is 52.5 Å². The van der Waals surface area contributed by atoms with E-state index in [2.05, 4.69) is 9.71 Å². The number of halogens is 1. The number of nitrogens with zero attached hydrogens (tertiary/aromatic N) is 4. The van der Waals surface area contributed by atoms with Gasteiger partial charge in [-0.2, -0.15) is 12.7 Å². The maximum absolute atomic E-state index is 13.7. The van der Waals surface area contributed by atoms with E-state index in [1.807, 2.05) is 6.92 Å². The standard InChI is InChI=1S/C26H32ClN5O7S2/c1-17-12-32(18(2)15-33)26(34)22-11-20(29-40(35,36)25-14-30(3)16-28-25)7-10-23(22)39-24(17)13-31(4)41(37,38)21-8-5-19(27)6-9-21/h5-11,14,16-18,24,29,33H,12-13,15H2,1-4H3/t17-,18-,24-/m1/s1.